The molecule has 1 aliphatic rings. The third-order valence-corrected chi connectivity index (χ3v) is 5.77. The summed E-state index contributed by atoms with van der Waals surface area (Å²) in [5, 5.41) is 7.08. The van der Waals surface area contributed by atoms with E-state index in [4.69, 9.17) is 4.74 Å². The largest absolute Gasteiger partial charge is 0.379 e. The molecular weight excluding hydrogens is 423 g/mol. The first-order valence-electron chi connectivity index (χ1n) is 11.0. The molecule has 1 unspecified atom stereocenters. The van der Waals surface area contributed by atoms with Gasteiger partial charge in [-0.1, -0.05) is 42.0 Å². The van der Waals surface area contributed by atoms with Gasteiger partial charge in [0, 0.05) is 31.4 Å². The zero-order valence-corrected chi connectivity index (χ0v) is 18.8. The number of carbonyl (C=O) groups is 1. The van der Waals surface area contributed by atoms with E-state index in [9.17, 15) is 14.0 Å². The van der Waals surface area contributed by atoms with Gasteiger partial charge in [0.15, 0.2) is 5.69 Å². The molecule has 1 atom stereocenters. The monoisotopic (exact) mass is 450 g/mol. The first-order chi connectivity index (χ1) is 15.9. The molecule has 1 amide bonds. The minimum atomic E-state index is -0.587. The van der Waals surface area contributed by atoms with Gasteiger partial charge in [0.2, 0.25) is 5.43 Å². The van der Waals surface area contributed by atoms with Crippen molar-refractivity contribution in [2.24, 2.45) is 0 Å². The van der Waals surface area contributed by atoms with Crippen molar-refractivity contribution < 1.29 is 13.9 Å². The number of ether oxygens (including phenoxy) is 1. The van der Waals surface area contributed by atoms with Crippen molar-refractivity contribution in [1.82, 2.24) is 20.0 Å². The summed E-state index contributed by atoms with van der Waals surface area (Å²) in [5.41, 5.74) is 2.05. The van der Waals surface area contributed by atoms with Crippen LogP contribution in [0.2, 0.25) is 0 Å². The van der Waals surface area contributed by atoms with Crippen molar-refractivity contribution in [3.63, 3.8) is 0 Å². The predicted molar refractivity (Wildman–Crippen MR) is 123 cm³/mol. The van der Waals surface area contributed by atoms with E-state index >= 15 is 0 Å². The van der Waals surface area contributed by atoms with Crippen molar-refractivity contribution in [3.8, 4) is 5.69 Å². The van der Waals surface area contributed by atoms with Crippen LogP contribution in [0, 0.1) is 19.7 Å². The van der Waals surface area contributed by atoms with Gasteiger partial charge in [0.25, 0.3) is 5.91 Å². The first-order valence-corrected chi connectivity index (χ1v) is 11.0. The molecule has 0 radical (unpaired) electrons. The fourth-order valence-corrected chi connectivity index (χ4v) is 4.07. The minimum Gasteiger partial charge on any atom is -0.379 e. The van der Waals surface area contributed by atoms with Crippen molar-refractivity contribution in [3.05, 3.63) is 93.2 Å². The Labute approximate surface area is 191 Å². The molecule has 0 bridgehead atoms. The van der Waals surface area contributed by atoms with Crippen LogP contribution in [0.1, 0.15) is 33.4 Å². The third-order valence-electron chi connectivity index (χ3n) is 5.77. The lowest BCUT2D eigenvalue weighted by Gasteiger charge is -2.35. The molecule has 1 aromatic heterocycles. The van der Waals surface area contributed by atoms with Crippen LogP contribution in [0.3, 0.4) is 0 Å². The van der Waals surface area contributed by atoms with Gasteiger partial charge in [0.05, 0.1) is 19.3 Å². The number of hydrogen-bond acceptors (Lipinski definition) is 5. The van der Waals surface area contributed by atoms with Crippen LogP contribution in [-0.2, 0) is 4.74 Å². The quantitative estimate of drug-likeness (QED) is 0.625. The molecule has 2 aromatic carbocycles. The summed E-state index contributed by atoms with van der Waals surface area (Å²) in [6, 6.07) is 15.5. The molecule has 1 N–H and O–H groups in total. The highest BCUT2D eigenvalue weighted by Gasteiger charge is 2.25. The zero-order chi connectivity index (χ0) is 23.4. The Morgan fingerprint density at radius 1 is 1.12 bits per heavy atom. The molecule has 0 spiro atoms. The third kappa shape index (κ3) is 5.18. The van der Waals surface area contributed by atoms with Crippen molar-refractivity contribution in [2.45, 2.75) is 19.9 Å². The van der Waals surface area contributed by atoms with Gasteiger partial charge in [-0.3, -0.25) is 14.5 Å². The zero-order valence-electron chi connectivity index (χ0n) is 18.8. The average molecular weight is 451 g/mol. The molecule has 8 heteroatoms. The molecule has 1 aliphatic heterocycles. The Bertz CT molecular complexity index is 1200. The second-order valence-corrected chi connectivity index (χ2v) is 8.15. The second kappa shape index (κ2) is 10.1. The number of hydrogen-bond donors (Lipinski definition) is 1. The number of benzene rings is 2. The summed E-state index contributed by atoms with van der Waals surface area (Å²) < 4.78 is 21.1. The maximum atomic E-state index is 14.3. The first kappa shape index (κ1) is 22.8. The van der Waals surface area contributed by atoms with E-state index in [2.05, 4.69) is 21.4 Å². The van der Waals surface area contributed by atoms with E-state index in [0.717, 1.165) is 24.2 Å². The molecule has 1 fully saturated rings. The van der Waals surface area contributed by atoms with Crippen LogP contribution < -0.4 is 10.7 Å². The number of aryl methyl sites for hydroxylation is 2. The summed E-state index contributed by atoms with van der Waals surface area (Å²) in [4.78, 5) is 27.8. The molecule has 4 rings (SSSR count). The summed E-state index contributed by atoms with van der Waals surface area (Å²) >= 11 is 0. The van der Waals surface area contributed by atoms with Gasteiger partial charge in [-0.25, -0.2) is 9.07 Å². The number of nitrogens with one attached hydrogen (secondary N) is 1. The van der Waals surface area contributed by atoms with Crippen molar-refractivity contribution in [1.29, 1.82) is 0 Å². The fraction of sp³-hybridized carbons (Fsp3) is 0.320. The highest BCUT2D eigenvalue weighted by Crippen LogP contribution is 2.22. The summed E-state index contributed by atoms with van der Waals surface area (Å²) in [7, 11) is 0. The number of halogens is 1. The van der Waals surface area contributed by atoms with Crippen LogP contribution in [0.15, 0.2) is 59.4 Å². The molecule has 7 nitrogen and oxygen atoms in total. The van der Waals surface area contributed by atoms with Crippen LogP contribution in [0.4, 0.5) is 4.39 Å². The molecule has 1 saturated heterocycles. The normalized spacial score (nSPS) is 15.2. The molecule has 33 heavy (non-hydrogen) atoms. The van der Waals surface area contributed by atoms with Crippen LogP contribution >= 0.6 is 0 Å². The van der Waals surface area contributed by atoms with Crippen LogP contribution in [-0.4, -0.2) is 53.4 Å². The van der Waals surface area contributed by atoms with Crippen molar-refractivity contribution >= 4 is 5.91 Å². The van der Waals surface area contributed by atoms with Gasteiger partial charge in [-0.05, 0) is 31.5 Å². The topological polar surface area (TPSA) is 76.5 Å². The fourth-order valence-electron chi connectivity index (χ4n) is 4.07. The number of rotatable bonds is 6. The van der Waals surface area contributed by atoms with E-state index in [-0.39, 0.29) is 17.4 Å². The Kier molecular flexibility index (Phi) is 6.96. The lowest BCUT2D eigenvalue weighted by Crippen LogP contribution is -2.44. The number of para-hydroxylation sites is 1. The standard InChI is InChI=1S/C25H27FN4O3/c1-17-6-5-7-19(14-17)22(29-10-12-33-13-11-29)16-27-25(32)24-23(31)15-18(2)30(28-24)21-9-4-3-8-20(21)26/h3-9,14-15,22H,10-13,16H2,1-2H3,(H,27,32). The van der Waals surface area contributed by atoms with E-state index in [1.54, 1.807) is 25.1 Å². The lowest BCUT2D eigenvalue weighted by atomic mass is 10.0. The van der Waals surface area contributed by atoms with E-state index in [0.29, 0.717) is 25.5 Å². The maximum absolute atomic E-state index is 14.3. The minimum absolute atomic E-state index is 0.0722. The molecule has 3 aromatic rings. The molecule has 0 aliphatic carbocycles. The van der Waals surface area contributed by atoms with Gasteiger partial charge >= 0.3 is 0 Å². The SMILES string of the molecule is Cc1cccc(C(CNC(=O)c2nn(-c3ccccc3F)c(C)cc2=O)N2CCOCC2)c1. The Morgan fingerprint density at radius 2 is 1.88 bits per heavy atom. The highest BCUT2D eigenvalue weighted by molar-refractivity contribution is 5.92. The highest BCUT2D eigenvalue weighted by atomic mass is 19.1. The van der Waals surface area contributed by atoms with E-state index in [1.165, 1.54) is 16.8 Å². The maximum Gasteiger partial charge on any atom is 0.275 e. The Hall–Kier alpha value is -3.36. The lowest BCUT2D eigenvalue weighted by molar-refractivity contribution is 0.0162. The second-order valence-electron chi connectivity index (χ2n) is 8.15. The van der Waals surface area contributed by atoms with Gasteiger partial charge in [-0.15, -0.1) is 0 Å². The van der Waals surface area contributed by atoms with Gasteiger partial charge in [-0.2, -0.15) is 5.10 Å². The molecular formula is C25H27FN4O3. The molecule has 0 saturated carbocycles. The van der Waals surface area contributed by atoms with E-state index < -0.39 is 17.2 Å². The number of amides is 1. The number of morpholine rings is 1. The number of nitrogens with zero attached hydrogens (tertiary/aromatic N) is 3. The van der Waals surface area contributed by atoms with Crippen molar-refractivity contribution in [2.75, 3.05) is 32.8 Å². The smallest absolute Gasteiger partial charge is 0.275 e. The summed E-state index contributed by atoms with van der Waals surface area (Å²) in [5.74, 6) is -1.08. The summed E-state index contributed by atoms with van der Waals surface area (Å²) in [6.45, 7) is 6.73. The number of carbonyl (C=O) groups excluding carboxylic acids is 1. The van der Waals surface area contributed by atoms with Crippen LogP contribution in [0.5, 0.6) is 0 Å². The Balaban J connectivity index is 1.59. The van der Waals surface area contributed by atoms with E-state index in [1.807, 2.05) is 25.1 Å². The summed E-state index contributed by atoms with van der Waals surface area (Å²) in [6.07, 6.45) is 0. The molecule has 172 valence electrons. The molecule has 2 heterocycles. The Morgan fingerprint density at radius 3 is 2.61 bits per heavy atom. The number of aromatic nitrogens is 2. The average Bonchev–Trinajstić information content (AvgIpc) is 2.81. The predicted octanol–water partition coefficient (Wildman–Crippen LogP) is 2.79. The van der Waals surface area contributed by atoms with Gasteiger partial charge < -0.3 is 10.1 Å². The van der Waals surface area contributed by atoms with Crippen LogP contribution in [0.25, 0.3) is 5.69 Å². The van der Waals surface area contributed by atoms with Gasteiger partial charge in [0.1, 0.15) is 11.5 Å².